The molecule has 2 rings (SSSR count). The highest BCUT2D eigenvalue weighted by Gasteiger charge is 2.16. The number of benzene rings is 2. The van der Waals surface area contributed by atoms with Gasteiger partial charge in [0.05, 0.1) is 29.8 Å². The summed E-state index contributed by atoms with van der Waals surface area (Å²) >= 11 is 3.17. The van der Waals surface area contributed by atoms with Crippen molar-refractivity contribution >= 4 is 32.2 Å². The summed E-state index contributed by atoms with van der Waals surface area (Å²) in [7, 11) is -0.969. The van der Waals surface area contributed by atoms with E-state index >= 15 is 0 Å². The maximum Gasteiger partial charge on any atom is 0.276 e. The fourth-order valence-electron chi connectivity index (χ4n) is 1.81. The number of nitrogens with one attached hydrogen (secondary N) is 1. The number of methoxy groups -OCH3 is 2. The van der Waals surface area contributed by atoms with E-state index in [0.29, 0.717) is 21.5 Å². The summed E-state index contributed by atoms with van der Waals surface area (Å²) in [6.07, 6.45) is 1.32. The Morgan fingerprint density at radius 3 is 2.46 bits per heavy atom. The van der Waals surface area contributed by atoms with Gasteiger partial charge >= 0.3 is 0 Å². The van der Waals surface area contributed by atoms with Gasteiger partial charge in [-0.15, -0.1) is 0 Å². The number of nitrogens with zero attached hydrogens (tertiary/aromatic N) is 1. The van der Waals surface area contributed by atoms with Crippen LogP contribution >= 0.6 is 15.9 Å². The Bertz CT molecular complexity index is 868. The second kappa shape index (κ2) is 7.54. The fraction of sp³-hybridized carbons (Fsp3) is 0.133. The summed E-state index contributed by atoms with van der Waals surface area (Å²) in [6.45, 7) is 0. The fourth-order valence-corrected chi connectivity index (χ4v) is 3.01. The highest BCUT2D eigenvalue weighted by molar-refractivity contribution is 9.10. The third-order valence-electron chi connectivity index (χ3n) is 3.02. The largest absolute Gasteiger partial charge is 0.507 e. The zero-order chi connectivity index (χ0) is 17.7. The van der Waals surface area contributed by atoms with Gasteiger partial charge in [-0.1, -0.05) is 0 Å². The van der Waals surface area contributed by atoms with Gasteiger partial charge in [-0.25, -0.2) is 4.83 Å². The molecule has 0 aliphatic carbocycles. The number of hydrazone groups is 1. The molecule has 2 aromatic carbocycles. The molecule has 0 bridgehead atoms. The molecule has 0 radical (unpaired) electrons. The SMILES string of the molecule is COc1ccc(S(=O)(=O)N/N=C/c2ccc(O)c(Br)c2)cc1OC. The summed E-state index contributed by atoms with van der Waals surface area (Å²) in [5, 5.41) is 13.1. The first-order valence-electron chi connectivity index (χ1n) is 6.63. The number of phenols is 1. The predicted octanol–water partition coefficient (Wildman–Crippen LogP) is 2.48. The van der Waals surface area contributed by atoms with Gasteiger partial charge in [0, 0.05) is 6.07 Å². The van der Waals surface area contributed by atoms with Gasteiger partial charge in [0.15, 0.2) is 11.5 Å². The molecule has 9 heteroatoms. The van der Waals surface area contributed by atoms with Gasteiger partial charge in [-0.2, -0.15) is 13.5 Å². The highest BCUT2D eigenvalue weighted by Crippen LogP contribution is 2.29. The zero-order valence-electron chi connectivity index (χ0n) is 12.9. The molecular weight excluding hydrogens is 400 g/mol. The Labute approximate surface area is 148 Å². The molecule has 128 valence electrons. The Hall–Kier alpha value is -2.26. The molecule has 0 unspecified atom stereocenters. The van der Waals surface area contributed by atoms with E-state index in [9.17, 15) is 13.5 Å². The second-order valence-corrected chi connectivity index (χ2v) is 7.10. The molecule has 0 saturated carbocycles. The van der Waals surface area contributed by atoms with E-state index in [2.05, 4.69) is 25.9 Å². The second-order valence-electron chi connectivity index (χ2n) is 4.58. The van der Waals surface area contributed by atoms with Crippen LogP contribution in [0.2, 0.25) is 0 Å². The van der Waals surface area contributed by atoms with E-state index in [1.807, 2.05) is 0 Å². The molecular formula is C15H15BrN2O5S. The number of ether oxygens (including phenoxy) is 2. The molecule has 0 spiro atoms. The topological polar surface area (TPSA) is 97.2 Å². The number of sulfonamides is 1. The van der Waals surface area contributed by atoms with Crippen molar-refractivity contribution in [3.8, 4) is 17.2 Å². The molecule has 2 aromatic rings. The molecule has 0 heterocycles. The summed E-state index contributed by atoms with van der Waals surface area (Å²) in [5.41, 5.74) is 0.606. The predicted molar refractivity (Wildman–Crippen MR) is 93.3 cm³/mol. The highest BCUT2D eigenvalue weighted by atomic mass is 79.9. The number of hydrogen-bond donors (Lipinski definition) is 2. The lowest BCUT2D eigenvalue weighted by molar-refractivity contribution is 0.354. The maximum absolute atomic E-state index is 12.2. The number of aromatic hydroxyl groups is 1. The number of phenolic OH excluding ortho intramolecular Hbond substituents is 1. The quantitative estimate of drug-likeness (QED) is 0.558. The van der Waals surface area contributed by atoms with Crippen LogP contribution in [0.15, 0.2) is 50.9 Å². The van der Waals surface area contributed by atoms with Gasteiger partial charge in [0.25, 0.3) is 10.0 Å². The van der Waals surface area contributed by atoms with Crippen LogP contribution in [0.5, 0.6) is 17.2 Å². The van der Waals surface area contributed by atoms with Crippen LogP contribution in [0.3, 0.4) is 0 Å². The Morgan fingerprint density at radius 2 is 1.83 bits per heavy atom. The van der Waals surface area contributed by atoms with Crippen LogP contribution in [0.1, 0.15) is 5.56 Å². The van der Waals surface area contributed by atoms with Gasteiger partial charge in [0.2, 0.25) is 0 Å². The summed E-state index contributed by atoms with van der Waals surface area (Å²) in [4.78, 5) is 2.10. The van der Waals surface area contributed by atoms with Crippen LogP contribution in [0.4, 0.5) is 0 Å². The lowest BCUT2D eigenvalue weighted by Gasteiger charge is -2.09. The van der Waals surface area contributed by atoms with Gasteiger partial charge in [-0.05, 0) is 51.8 Å². The Kier molecular flexibility index (Phi) is 5.68. The Balaban J connectivity index is 2.19. The first-order chi connectivity index (χ1) is 11.4. The zero-order valence-corrected chi connectivity index (χ0v) is 15.3. The minimum Gasteiger partial charge on any atom is -0.507 e. The van der Waals surface area contributed by atoms with E-state index in [-0.39, 0.29) is 10.6 Å². The van der Waals surface area contributed by atoms with Crippen LogP contribution < -0.4 is 14.3 Å². The van der Waals surface area contributed by atoms with Crippen molar-refractivity contribution in [1.82, 2.24) is 4.83 Å². The number of halogens is 1. The smallest absolute Gasteiger partial charge is 0.276 e. The van der Waals surface area contributed by atoms with E-state index in [1.165, 1.54) is 44.7 Å². The normalized spacial score (nSPS) is 11.5. The lowest BCUT2D eigenvalue weighted by atomic mass is 10.2. The Morgan fingerprint density at radius 1 is 1.12 bits per heavy atom. The molecule has 0 atom stereocenters. The molecule has 0 aliphatic heterocycles. The standard InChI is InChI=1S/C15H15BrN2O5S/c1-22-14-6-4-11(8-15(14)23-2)24(20,21)18-17-9-10-3-5-13(19)12(16)7-10/h3-9,18-19H,1-2H3/b17-9+. The average molecular weight is 415 g/mol. The van der Waals surface area contributed by atoms with E-state index in [1.54, 1.807) is 12.1 Å². The van der Waals surface area contributed by atoms with Crippen molar-refractivity contribution in [1.29, 1.82) is 0 Å². The summed E-state index contributed by atoms with van der Waals surface area (Å²) in [5.74, 6) is 0.804. The minimum atomic E-state index is -3.85. The third-order valence-corrected chi connectivity index (χ3v) is 4.88. The average Bonchev–Trinajstić information content (AvgIpc) is 2.57. The molecule has 0 aliphatic rings. The molecule has 0 amide bonds. The van der Waals surface area contributed by atoms with Gasteiger partial charge < -0.3 is 14.6 Å². The molecule has 7 nitrogen and oxygen atoms in total. The molecule has 2 N–H and O–H groups in total. The van der Waals surface area contributed by atoms with Crippen LogP contribution in [0, 0.1) is 0 Å². The summed E-state index contributed by atoms with van der Waals surface area (Å²) < 4.78 is 35.1. The van der Waals surface area contributed by atoms with Crippen molar-refractivity contribution < 1.29 is 23.0 Å². The first kappa shape index (κ1) is 18.1. The van der Waals surface area contributed by atoms with Crippen molar-refractivity contribution in [2.75, 3.05) is 14.2 Å². The number of rotatable bonds is 6. The minimum absolute atomic E-state index is 0.0100. The van der Waals surface area contributed by atoms with Crippen LogP contribution in [-0.2, 0) is 10.0 Å². The van der Waals surface area contributed by atoms with Crippen molar-refractivity contribution in [3.63, 3.8) is 0 Å². The van der Waals surface area contributed by atoms with Crippen molar-refractivity contribution in [3.05, 3.63) is 46.4 Å². The van der Waals surface area contributed by atoms with Crippen molar-refractivity contribution in [2.45, 2.75) is 4.90 Å². The molecule has 24 heavy (non-hydrogen) atoms. The van der Waals surface area contributed by atoms with E-state index in [0.717, 1.165) is 0 Å². The monoisotopic (exact) mass is 414 g/mol. The summed E-state index contributed by atoms with van der Waals surface area (Å²) in [6, 6.07) is 8.88. The molecule has 0 aromatic heterocycles. The van der Waals surface area contributed by atoms with Crippen LogP contribution in [-0.4, -0.2) is 34.0 Å². The molecule has 0 saturated heterocycles. The third kappa shape index (κ3) is 4.18. The van der Waals surface area contributed by atoms with E-state index in [4.69, 9.17) is 9.47 Å². The molecule has 0 fully saturated rings. The number of hydrogen-bond acceptors (Lipinski definition) is 6. The van der Waals surface area contributed by atoms with Gasteiger partial charge in [-0.3, -0.25) is 0 Å². The van der Waals surface area contributed by atoms with Gasteiger partial charge in [0.1, 0.15) is 5.75 Å². The van der Waals surface area contributed by atoms with Crippen molar-refractivity contribution in [2.24, 2.45) is 5.10 Å². The maximum atomic E-state index is 12.2. The van der Waals surface area contributed by atoms with E-state index < -0.39 is 10.0 Å². The van der Waals surface area contributed by atoms with Crippen LogP contribution in [0.25, 0.3) is 0 Å². The lowest BCUT2D eigenvalue weighted by Crippen LogP contribution is -2.18. The first-order valence-corrected chi connectivity index (χ1v) is 8.90.